The molecule has 0 heterocycles. The largest absolute Gasteiger partial charge is 0.349 e. The molecule has 4 heteroatoms. The van der Waals surface area contributed by atoms with Crippen molar-refractivity contribution in [2.24, 2.45) is 0 Å². The molecular weight excluding hydrogens is 252 g/mol. The molecule has 0 aromatic heterocycles. The monoisotopic (exact) mass is 270 g/mol. The van der Waals surface area contributed by atoms with Crippen LogP contribution in [0.15, 0.2) is 18.2 Å². The first-order valence-corrected chi connectivity index (χ1v) is 6.55. The number of anilines is 1. The van der Waals surface area contributed by atoms with E-state index in [9.17, 15) is 0 Å². The minimum absolute atomic E-state index is 0.425. The van der Waals surface area contributed by atoms with Gasteiger partial charge in [0.25, 0.3) is 0 Å². The van der Waals surface area contributed by atoms with Crippen LogP contribution in [0.2, 0.25) is 5.02 Å². The van der Waals surface area contributed by atoms with Crippen LogP contribution in [0.5, 0.6) is 0 Å². The highest BCUT2D eigenvalue weighted by Crippen LogP contribution is 2.23. The highest BCUT2D eigenvalue weighted by Gasteiger charge is 2.11. The topological polar surface area (TPSA) is 15.3 Å². The van der Waals surface area contributed by atoms with Crippen molar-refractivity contribution in [2.45, 2.75) is 33.2 Å². The van der Waals surface area contributed by atoms with Crippen molar-refractivity contribution in [3.63, 3.8) is 0 Å². The molecule has 2 nitrogen and oxygen atoms in total. The summed E-state index contributed by atoms with van der Waals surface area (Å²) in [7, 11) is 2.00. The van der Waals surface area contributed by atoms with E-state index in [1.807, 2.05) is 32.2 Å². The lowest BCUT2D eigenvalue weighted by Crippen LogP contribution is -2.37. The van der Waals surface area contributed by atoms with E-state index in [1.165, 1.54) is 0 Å². The smallest absolute Gasteiger partial charge is 0.173 e. The van der Waals surface area contributed by atoms with Crippen LogP contribution < -0.4 is 5.32 Å². The third kappa shape index (κ3) is 3.58. The van der Waals surface area contributed by atoms with E-state index in [1.54, 1.807) is 0 Å². The second kappa shape index (κ2) is 6.22. The van der Waals surface area contributed by atoms with Gasteiger partial charge in [-0.25, -0.2) is 0 Å². The molecule has 1 atom stereocenters. The molecule has 17 heavy (non-hydrogen) atoms. The summed E-state index contributed by atoms with van der Waals surface area (Å²) < 4.78 is 0. The summed E-state index contributed by atoms with van der Waals surface area (Å²) >= 11 is 11.4. The summed E-state index contributed by atoms with van der Waals surface area (Å²) in [6.07, 6.45) is 1.06. The molecule has 0 spiro atoms. The van der Waals surface area contributed by atoms with E-state index in [4.69, 9.17) is 23.8 Å². The van der Waals surface area contributed by atoms with Crippen molar-refractivity contribution in [2.75, 3.05) is 12.4 Å². The lowest BCUT2D eigenvalue weighted by atomic mass is 10.2. The van der Waals surface area contributed by atoms with E-state index < -0.39 is 0 Å². The Balaban J connectivity index is 2.78. The molecule has 94 valence electrons. The number of thiocarbonyl (C=S) groups is 1. The van der Waals surface area contributed by atoms with Gasteiger partial charge in [0.15, 0.2) is 5.11 Å². The average Bonchev–Trinajstić information content (AvgIpc) is 2.32. The fraction of sp³-hybridized carbons (Fsp3) is 0.462. The molecule has 0 saturated carbocycles. The zero-order chi connectivity index (χ0) is 13.0. The van der Waals surface area contributed by atoms with Gasteiger partial charge in [0.05, 0.1) is 0 Å². The van der Waals surface area contributed by atoms with Gasteiger partial charge in [-0.3, -0.25) is 0 Å². The first kappa shape index (κ1) is 14.3. The lowest BCUT2D eigenvalue weighted by Gasteiger charge is -2.27. The van der Waals surface area contributed by atoms with Gasteiger partial charge in [0, 0.05) is 23.8 Å². The SMILES string of the molecule is CCC(C)N(C)C(=S)Nc1cccc(Cl)c1C. The van der Waals surface area contributed by atoms with Gasteiger partial charge >= 0.3 is 0 Å². The molecule has 0 amide bonds. The highest BCUT2D eigenvalue weighted by molar-refractivity contribution is 7.80. The number of hydrogen-bond acceptors (Lipinski definition) is 1. The predicted octanol–water partition coefficient (Wildman–Crippen LogP) is 4.08. The van der Waals surface area contributed by atoms with Crippen LogP contribution in [0.4, 0.5) is 5.69 Å². The van der Waals surface area contributed by atoms with Crippen molar-refractivity contribution in [1.29, 1.82) is 0 Å². The molecule has 0 fully saturated rings. The maximum atomic E-state index is 6.07. The Kier molecular flexibility index (Phi) is 5.22. The molecule has 1 aromatic carbocycles. The van der Waals surface area contributed by atoms with Crippen LogP contribution in [0, 0.1) is 6.92 Å². The Morgan fingerprint density at radius 1 is 1.53 bits per heavy atom. The predicted molar refractivity (Wildman–Crippen MR) is 79.9 cm³/mol. The fourth-order valence-corrected chi connectivity index (χ4v) is 1.88. The van der Waals surface area contributed by atoms with E-state index in [-0.39, 0.29) is 0 Å². The zero-order valence-electron chi connectivity index (χ0n) is 10.7. The van der Waals surface area contributed by atoms with Crippen LogP contribution in [-0.4, -0.2) is 23.1 Å². The highest BCUT2D eigenvalue weighted by atomic mass is 35.5. The van der Waals surface area contributed by atoms with Gasteiger partial charge < -0.3 is 10.2 Å². The molecule has 0 bridgehead atoms. The molecule has 1 aromatic rings. The van der Waals surface area contributed by atoms with Crippen LogP contribution in [0.3, 0.4) is 0 Å². The first-order chi connectivity index (χ1) is 7.97. The Hall–Kier alpha value is -0.800. The third-order valence-electron chi connectivity index (χ3n) is 3.08. The summed E-state index contributed by atoms with van der Waals surface area (Å²) in [6.45, 7) is 6.28. The van der Waals surface area contributed by atoms with Gasteiger partial charge in [-0.15, -0.1) is 0 Å². The molecule has 1 N–H and O–H groups in total. The Morgan fingerprint density at radius 3 is 2.76 bits per heavy atom. The zero-order valence-corrected chi connectivity index (χ0v) is 12.3. The molecule has 0 aliphatic rings. The molecule has 0 aliphatic carbocycles. The van der Waals surface area contributed by atoms with Crippen molar-refractivity contribution >= 4 is 34.6 Å². The molecule has 1 unspecified atom stereocenters. The standard InChI is InChI=1S/C13H19ClN2S/c1-5-9(2)16(4)13(17)15-12-8-6-7-11(14)10(12)3/h6-9H,5H2,1-4H3,(H,15,17). The van der Waals surface area contributed by atoms with Gasteiger partial charge in [-0.05, 0) is 50.2 Å². The molecule has 1 rings (SSSR count). The number of hydrogen-bond donors (Lipinski definition) is 1. The number of nitrogens with zero attached hydrogens (tertiary/aromatic N) is 1. The summed E-state index contributed by atoms with van der Waals surface area (Å²) in [4.78, 5) is 2.07. The van der Waals surface area contributed by atoms with Crippen LogP contribution >= 0.6 is 23.8 Å². The number of halogens is 1. The maximum Gasteiger partial charge on any atom is 0.173 e. The van der Waals surface area contributed by atoms with Crippen molar-refractivity contribution in [1.82, 2.24) is 4.90 Å². The maximum absolute atomic E-state index is 6.07. The van der Waals surface area contributed by atoms with Gasteiger partial charge in [-0.2, -0.15) is 0 Å². The van der Waals surface area contributed by atoms with Crippen molar-refractivity contribution in [3.8, 4) is 0 Å². The summed E-state index contributed by atoms with van der Waals surface area (Å²) in [5.41, 5.74) is 1.99. The van der Waals surface area contributed by atoms with Crippen LogP contribution in [0.1, 0.15) is 25.8 Å². The quantitative estimate of drug-likeness (QED) is 0.834. The normalized spacial score (nSPS) is 12.1. The third-order valence-corrected chi connectivity index (χ3v) is 3.88. The van der Waals surface area contributed by atoms with E-state index in [0.717, 1.165) is 27.8 Å². The average molecular weight is 271 g/mol. The Labute approximate surface area is 114 Å². The summed E-state index contributed by atoms with van der Waals surface area (Å²) in [5.74, 6) is 0. The Morgan fingerprint density at radius 2 is 2.18 bits per heavy atom. The van der Waals surface area contributed by atoms with E-state index in [2.05, 4.69) is 24.1 Å². The number of nitrogens with one attached hydrogen (secondary N) is 1. The minimum atomic E-state index is 0.425. The van der Waals surface area contributed by atoms with Gasteiger partial charge in [0.1, 0.15) is 0 Å². The molecule has 0 saturated heterocycles. The van der Waals surface area contributed by atoms with Gasteiger partial charge in [-0.1, -0.05) is 24.6 Å². The summed E-state index contributed by atoms with van der Waals surface area (Å²) in [6, 6.07) is 6.21. The second-order valence-electron chi connectivity index (χ2n) is 4.21. The number of benzene rings is 1. The lowest BCUT2D eigenvalue weighted by molar-refractivity contribution is 0.386. The molecular formula is C13H19ClN2S. The van der Waals surface area contributed by atoms with Crippen molar-refractivity contribution < 1.29 is 0 Å². The Bertz CT molecular complexity index is 406. The van der Waals surface area contributed by atoms with Crippen molar-refractivity contribution in [3.05, 3.63) is 28.8 Å². The molecule has 0 radical (unpaired) electrons. The first-order valence-electron chi connectivity index (χ1n) is 5.76. The van der Waals surface area contributed by atoms with Gasteiger partial charge in [0.2, 0.25) is 0 Å². The number of rotatable bonds is 3. The fourth-order valence-electron chi connectivity index (χ4n) is 1.42. The second-order valence-corrected chi connectivity index (χ2v) is 5.00. The summed E-state index contributed by atoms with van der Waals surface area (Å²) in [5, 5.41) is 4.72. The van der Waals surface area contributed by atoms with E-state index in [0.29, 0.717) is 6.04 Å². The van der Waals surface area contributed by atoms with Crippen LogP contribution in [-0.2, 0) is 0 Å². The molecule has 0 aliphatic heterocycles. The van der Waals surface area contributed by atoms with Crippen LogP contribution in [0.25, 0.3) is 0 Å². The van der Waals surface area contributed by atoms with E-state index >= 15 is 0 Å². The minimum Gasteiger partial charge on any atom is -0.349 e.